The maximum absolute atomic E-state index is 13.7. The predicted octanol–water partition coefficient (Wildman–Crippen LogP) is 4.25. The maximum atomic E-state index is 13.7. The highest BCUT2D eigenvalue weighted by Crippen LogP contribution is 2.32. The monoisotopic (exact) mass is 416 g/mol. The van der Waals surface area contributed by atoms with Gasteiger partial charge in [0.15, 0.2) is 11.6 Å². The largest absolute Gasteiger partial charge is 0.489 e. The molecular weight excluding hydrogens is 406 g/mol. The van der Waals surface area contributed by atoms with Gasteiger partial charge in [-0.1, -0.05) is 11.6 Å². The van der Waals surface area contributed by atoms with Gasteiger partial charge in [0.2, 0.25) is 0 Å². The summed E-state index contributed by atoms with van der Waals surface area (Å²) in [6.45, 7) is 0.452. The Morgan fingerprint density at radius 2 is 2.11 bits per heavy atom. The van der Waals surface area contributed by atoms with Crippen molar-refractivity contribution in [1.82, 2.24) is 0 Å². The van der Waals surface area contributed by atoms with Gasteiger partial charge in [-0.25, -0.2) is 4.39 Å². The molecule has 0 atom stereocenters. The summed E-state index contributed by atoms with van der Waals surface area (Å²) in [5.41, 5.74) is 0. The fourth-order valence-electron chi connectivity index (χ4n) is 1.20. The van der Waals surface area contributed by atoms with E-state index in [0.29, 0.717) is 12.2 Å². The first-order chi connectivity index (χ1) is 9.04. The molecule has 1 aromatic rings. The molecule has 0 fully saturated rings. The van der Waals surface area contributed by atoms with Crippen LogP contribution in [0.2, 0.25) is 5.02 Å². The van der Waals surface area contributed by atoms with E-state index in [0.717, 1.165) is 3.39 Å². The standard InChI is InChI=1S/C12H12Br2ClFO3/c13-11(14)2-5-18-8-6-9(15)12(10(16)7-8)19-4-1-3-17/h2,6-7,17H,1,3-5H2. The normalized spacial score (nSPS) is 10.2. The summed E-state index contributed by atoms with van der Waals surface area (Å²) in [4.78, 5) is 0. The van der Waals surface area contributed by atoms with Crippen LogP contribution in [0, 0.1) is 5.82 Å². The van der Waals surface area contributed by atoms with Crippen LogP contribution in [0.15, 0.2) is 21.6 Å². The lowest BCUT2D eigenvalue weighted by Crippen LogP contribution is -2.02. The van der Waals surface area contributed by atoms with Crippen LogP contribution < -0.4 is 9.47 Å². The molecule has 1 aromatic carbocycles. The fourth-order valence-corrected chi connectivity index (χ4v) is 1.71. The zero-order valence-electron chi connectivity index (χ0n) is 9.84. The van der Waals surface area contributed by atoms with E-state index in [4.69, 9.17) is 26.2 Å². The van der Waals surface area contributed by atoms with Crippen molar-refractivity contribution in [2.45, 2.75) is 6.42 Å². The van der Waals surface area contributed by atoms with Gasteiger partial charge in [0.25, 0.3) is 0 Å². The van der Waals surface area contributed by atoms with Gasteiger partial charge in [-0.05, 0) is 37.9 Å². The average Bonchev–Trinajstić information content (AvgIpc) is 2.32. The number of rotatable bonds is 7. The summed E-state index contributed by atoms with van der Waals surface area (Å²) in [6.07, 6.45) is 2.13. The summed E-state index contributed by atoms with van der Waals surface area (Å²) < 4.78 is 24.9. The lowest BCUT2D eigenvalue weighted by molar-refractivity contribution is 0.228. The number of hydrogen-bond acceptors (Lipinski definition) is 3. The van der Waals surface area contributed by atoms with Crippen LogP contribution in [0.1, 0.15) is 6.42 Å². The SMILES string of the molecule is OCCCOc1c(F)cc(OCC=C(Br)Br)cc1Cl. The molecule has 0 radical (unpaired) electrons. The molecule has 0 aliphatic heterocycles. The topological polar surface area (TPSA) is 38.7 Å². The smallest absolute Gasteiger partial charge is 0.173 e. The minimum Gasteiger partial charge on any atom is -0.489 e. The van der Waals surface area contributed by atoms with Crippen molar-refractivity contribution in [2.75, 3.05) is 19.8 Å². The molecule has 0 amide bonds. The molecule has 0 spiro atoms. The first-order valence-electron chi connectivity index (χ1n) is 5.41. The van der Waals surface area contributed by atoms with Crippen molar-refractivity contribution in [3.05, 3.63) is 32.4 Å². The molecule has 0 saturated heterocycles. The number of aliphatic hydroxyl groups is 1. The van der Waals surface area contributed by atoms with Gasteiger partial charge in [-0.15, -0.1) is 0 Å². The van der Waals surface area contributed by atoms with Crippen molar-refractivity contribution in [2.24, 2.45) is 0 Å². The Labute approximate surface area is 132 Å². The van der Waals surface area contributed by atoms with E-state index in [-0.39, 0.29) is 30.6 Å². The highest BCUT2D eigenvalue weighted by molar-refractivity contribution is 9.28. The van der Waals surface area contributed by atoms with Gasteiger partial charge < -0.3 is 14.6 Å². The summed E-state index contributed by atoms with van der Waals surface area (Å²) in [6, 6.07) is 2.69. The van der Waals surface area contributed by atoms with E-state index in [1.54, 1.807) is 6.08 Å². The third-order valence-corrected chi connectivity index (χ3v) is 2.94. The molecular formula is C12H12Br2ClFO3. The predicted molar refractivity (Wildman–Crippen MR) is 80.0 cm³/mol. The molecule has 106 valence electrons. The van der Waals surface area contributed by atoms with Crippen LogP contribution in [0.25, 0.3) is 0 Å². The Morgan fingerprint density at radius 1 is 1.37 bits per heavy atom. The van der Waals surface area contributed by atoms with Crippen molar-refractivity contribution >= 4 is 43.5 Å². The molecule has 0 saturated carbocycles. The number of aliphatic hydroxyl groups excluding tert-OH is 1. The Kier molecular flexibility index (Phi) is 7.75. The van der Waals surface area contributed by atoms with Gasteiger partial charge in [0.1, 0.15) is 12.4 Å². The fraction of sp³-hybridized carbons (Fsp3) is 0.333. The second-order valence-corrected chi connectivity index (χ2v) is 6.63. The van der Waals surface area contributed by atoms with Crippen LogP contribution in [0.5, 0.6) is 11.5 Å². The first kappa shape index (κ1) is 16.8. The second kappa shape index (κ2) is 8.79. The average molecular weight is 418 g/mol. The van der Waals surface area contributed by atoms with Crippen molar-refractivity contribution in [1.29, 1.82) is 0 Å². The number of hydrogen-bond donors (Lipinski definition) is 1. The van der Waals surface area contributed by atoms with Crippen molar-refractivity contribution < 1.29 is 19.0 Å². The highest BCUT2D eigenvalue weighted by Gasteiger charge is 2.11. The summed E-state index contributed by atoms with van der Waals surface area (Å²) in [5.74, 6) is -0.309. The molecule has 0 aliphatic rings. The molecule has 1 N–H and O–H groups in total. The molecule has 3 nitrogen and oxygen atoms in total. The molecule has 0 bridgehead atoms. The lowest BCUT2D eigenvalue weighted by Gasteiger charge is -2.10. The van der Waals surface area contributed by atoms with Gasteiger partial charge in [0, 0.05) is 25.2 Å². The Morgan fingerprint density at radius 3 is 2.68 bits per heavy atom. The zero-order chi connectivity index (χ0) is 14.3. The summed E-state index contributed by atoms with van der Waals surface area (Å²) in [7, 11) is 0. The van der Waals surface area contributed by atoms with Crippen LogP contribution in [-0.2, 0) is 0 Å². The molecule has 19 heavy (non-hydrogen) atoms. The van der Waals surface area contributed by atoms with Crippen molar-refractivity contribution in [3.8, 4) is 11.5 Å². The minimum absolute atomic E-state index is 0.0197. The Bertz CT molecular complexity index is 428. The van der Waals surface area contributed by atoms with Gasteiger partial charge in [-0.2, -0.15) is 0 Å². The molecule has 7 heteroatoms. The molecule has 0 unspecified atom stereocenters. The zero-order valence-corrected chi connectivity index (χ0v) is 13.8. The van der Waals surface area contributed by atoms with Crippen molar-refractivity contribution in [3.63, 3.8) is 0 Å². The van der Waals surface area contributed by atoms with E-state index in [2.05, 4.69) is 31.9 Å². The molecule has 1 rings (SSSR count). The van der Waals surface area contributed by atoms with Crippen LogP contribution in [0.4, 0.5) is 4.39 Å². The third kappa shape index (κ3) is 6.12. The van der Waals surface area contributed by atoms with E-state index in [9.17, 15) is 4.39 Å². The number of benzene rings is 1. The number of halogens is 4. The maximum Gasteiger partial charge on any atom is 0.173 e. The van der Waals surface area contributed by atoms with Crippen LogP contribution in [-0.4, -0.2) is 24.9 Å². The van der Waals surface area contributed by atoms with Gasteiger partial charge in [0.05, 0.1) is 15.0 Å². The lowest BCUT2D eigenvalue weighted by atomic mass is 10.3. The van der Waals surface area contributed by atoms with E-state index < -0.39 is 5.82 Å². The summed E-state index contributed by atoms with van der Waals surface area (Å²) in [5, 5.41) is 8.76. The Balaban J connectivity index is 2.70. The van der Waals surface area contributed by atoms with Crippen LogP contribution >= 0.6 is 43.5 Å². The van der Waals surface area contributed by atoms with Gasteiger partial charge >= 0.3 is 0 Å². The highest BCUT2D eigenvalue weighted by atomic mass is 79.9. The quantitative estimate of drug-likeness (QED) is 0.673. The molecule has 0 heterocycles. The molecule has 0 aliphatic carbocycles. The second-order valence-electron chi connectivity index (χ2n) is 3.45. The molecule has 0 aromatic heterocycles. The first-order valence-corrected chi connectivity index (χ1v) is 7.37. The van der Waals surface area contributed by atoms with E-state index >= 15 is 0 Å². The van der Waals surface area contributed by atoms with E-state index in [1.807, 2.05) is 0 Å². The summed E-state index contributed by atoms with van der Waals surface area (Å²) >= 11 is 12.3. The number of ether oxygens (including phenoxy) is 2. The minimum atomic E-state index is -0.595. The van der Waals surface area contributed by atoms with E-state index in [1.165, 1.54) is 12.1 Å². The van der Waals surface area contributed by atoms with Crippen LogP contribution in [0.3, 0.4) is 0 Å². The van der Waals surface area contributed by atoms with Gasteiger partial charge in [-0.3, -0.25) is 0 Å². The third-order valence-electron chi connectivity index (χ3n) is 2.01. The Hall–Kier alpha value is -0.300.